The van der Waals surface area contributed by atoms with Crippen LogP contribution < -0.4 is 5.73 Å². The number of morpholine rings is 1. The molecule has 2 aliphatic rings. The van der Waals surface area contributed by atoms with Crippen molar-refractivity contribution < 1.29 is 14.3 Å². The van der Waals surface area contributed by atoms with Crippen molar-refractivity contribution in [2.45, 2.75) is 25.6 Å². The molecule has 6 heteroatoms. The van der Waals surface area contributed by atoms with Crippen LogP contribution in [-0.4, -0.2) is 54.3 Å². The van der Waals surface area contributed by atoms with Crippen molar-refractivity contribution in [3.05, 3.63) is 0 Å². The van der Waals surface area contributed by atoms with Crippen LogP contribution in [0.25, 0.3) is 0 Å². The molecule has 0 aromatic carbocycles. The van der Waals surface area contributed by atoms with E-state index >= 15 is 0 Å². The molecule has 0 saturated carbocycles. The molecule has 3 atom stereocenters. The predicted molar refractivity (Wildman–Crippen MR) is 66.6 cm³/mol. The first kappa shape index (κ1) is 12.7. The van der Waals surface area contributed by atoms with Gasteiger partial charge in [-0.25, -0.2) is 0 Å². The van der Waals surface area contributed by atoms with Crippen molar-refractivity contribution in [1.29, 1.82) is 0 Å². The summed E-state index contributed by atoms with van der Waals surface area (Å²) in [7, 11) is 0. The van der Waals surface area contributed by atoms with Crippen molar-refractivity contribution in [1.82, 2.24) is 4.90 Å². The molecule has 0 bridgehead atoms. The molecule has 2 saturated heterocycles. The Balaban J connectivity index is 1.97. The van der Waals surface area contributed by atoms with Crippen molar-refractivity contribution in [2.75, 3.05) is 26.3 Å². The minimum atomic E-state index is -0.305. The highest BCUT2D eigenvalue weighted by Gasteiger charge is 2.36. The first-order chi connectivity index (χ1) is 8.09. The molecule has 0 spiro atoms. The maximum atomic E-state index is 12.3. The molecule has 2 rings (SSSR count). The fraction of sp³-hybridized carbons (Fsp3) is 0.818. The summed E-state index contributed by atoms with van der Waals surface area (Å²) >= 11 is 4.90. The first-order valence-electron chi connectivity index (χ1n) is 5.91. The van der Waals surface area contributed by atoms with Gasteiger partial charge >= 0.3 is 0 Å². The van der Waals surface area contributed by atoms with E-state index in [2.05, 4.69) is 0 Å². The molecule has 3 unspecified atom stereocenters. The van der Waals surface area contributed by atoms with Crippen LogP contribution in [0.5, 0.6) is 0 Å². The lowest BCUT2D eigenvalue weighted by molar-refractivity contribution is -0.142. The molecule has 17 heavy (non-hydrogen) atoms. The van der Waals surface area contributed by atoms with Crippen LogP contribution in [0, 0.1) is 5.92 Å². The summed E-state index contributed by atoms with van der Waals surface area (Å²) in [5, 5.41) is 0. The molecule has 0 aromatic rings. The normalized spacial score (nSPS) is 33.7. The highest BCUT2D eigenvalue weighted by atomic mass is 32.1. The van der Waals surface area contributed by atoms with Crippen LogP contribution in [-0.2, 0) is 14.3 Å². The van der Waals surface area contributed by atoms with Gasteiger partial charge in [0.25, 0.3) is 0 Å². The second-order valence-electron chi connectivity index (χ2n) is 4.52. The van der Waals surface area contributed by atoms with E-state index in [1.54, 1.807) is 4.90 Å². The lowest BCUT2D eigenvalue weighted by Gasteiger charge is -2.34. The molecule has 5 nitrogen and oxygen atoms in total. The maximum Gasteiger partial charge on any atom is 0.228 e. The van der Waals surface area contributed by atoms with E-state index in [1.165, 1.54) is 0 Å². The van der Waals surface area contributed by atoms with Gasteiger partial charge in [0, 0.05) is 13.2 Å². The largest absolute Gasteiger partial charge is 0.391 e. The van der Waals surface area contributed by atoms with Gasteiger partial charge in [-0.2, -0.15) is 0 Å². The zero-order valence-corrected chi connectivity index (χ0v) is 10.7. The first-order valence-corrected chi connectivity index (χ1v) is 6.31. The van der Waals surface area contributed by atoms with Crippen molar-refractivity contribution >= 4 is 23.1 Å². The monoisotopic (exact) mass is 258 g/mol. The van der Waals surface area contributed by atoms with Gasteiger partial charge < -0.3 is 20.1 Å². The van der Waals surface area contributed by atoms with Gasteiger partial charge in [-0.05, 0) is 13.3 Å². The van der Waals surface area contributed by atoms with E-state index in [0.29, 0.717) is 31.3 Å². The van der Waals surface area contributed by atoms with E-state index in [4.69, 9.17) is 27.4 Å². The van der Waals surface area contributed by atoms with Crippen LogP contribution in [0.3, 0.4) is 0 Å². The summed E-state index contributed by atoms with van der Waals surface area (Å²) in [6.45, 7) is 4.19. The average molecular weight is 258 g/mol. The van der Waals surface area contributed by atoms with Crippen LogP contribution in [0.2, 0.25) is 0 Å². The molecule has 0 aliphatic carbocycles. The van der Waals surface area contributed by atoms with Crippen LogP contribution in [0.4, 0.5) is 0 Å². The predicted octanol–water partition coefficient (Wildman–Crippen LogP) is -0.0751. The fourth-order valence-corrected chi connectivity index (χ4v) is 2.45. The van der Waals surface area contributed by atoms with Gasteiger partial charge in [0.2, 0.25) is 5.91 Å². The van der Waals surface area contributed by atoms with Crippen molar-refractivity contribution in [2.24, 2.45) is 11.7 Å². The Bertz CT molecular complexity index is 324. The number of amides is 1. The number of ether oxygens (including phenoxy) is 2. The fourth-order valence-electron chi connectivity index (χ4n) is 2.31. The number of nitrogens with two attached hydrogens (primary N) is 1. The summed E-state index contributed by atoms with van der Waals surface area (Å²) in [6.07, 6.45) is 0.503. The third kappa shape index (κ3) is 2.75. The van der Waals surface area contributed by atoms with Gasteiger partial charge in [-0.3, -0.25) is 4.79 Å². The third-order valence-corrected chi connectivity index (χ3v) is 3.65. The minimum Gasteiger partial charge on any atom is -0.391 e. The minimum absolute atomic E-state index is 0.00798. The van der Waals surface area contributed by atoms with Gasteiger partial charge in [-0.15, -0.1) is 0 Å². The molecule has 2 fully saturated rings. The Morgan fingerprint density at radius 3 is 2.76 bits per heavy atom. The summed E-state index contributed by atoms with van der Waals surface area (Å²) in [4.78, 5) is 14.4. The number of hydrogen-bond donors (Lipinski definition) is 1. The topological polar surface area (TPSA) is 64.8 Å². The van der Waals surface area contributed by atoms with Gasteiger partial charge in [-0.1, -0.05) is 12.2 Å². The Labute approximate surface area is 106 Å². The average Bonchev–Trinajstić information content (AvgIpc) is 2.74. The number of carbonyl (C=O) groups excluding carboxylic acids is 1. The van der Waals surface area contributed by atoms with Crippen LogP contribution in [0.1, 0.15) is 13.3 Å². The highest BCUT2D eigenvalue weighted by Crippen LogP contribution is 2.23. The SMILES string of the molecule is CC1OCCC1C(=O)N1CCOC(C(N)=S)C1. The molecule has 0 radical (unpaired) electrons. The number of thiocarbonyl (C=S) groups is 1. The zero-order chi connectivity index (χ0) is 12.4. The molecular formula is C11H18N2O3S. The molecule has 2 heterocycles. The second kappa shape index (κ2) is 5.29. The summed E-state index contributed by atoms with van der Waals surface area (Å²) < 4.78 is 10.8. The smallest absolute Gasteiger partial charge is 0.228 e. The van der Waals surface area contributed by atoms with E-state index in [9.17, 15) is 4.79 Å². The quantitative estimate of drug-likeness (QED) is 0.702. The van der Waals surface area contributed by atoms with Crippen LogP contribution in [0.15, 0.2) is 0 Å². The zero-order valence-electron chi connectivity index (χ0n) is 9.93. The molecule has 96 valence electrons. The van der Waals surface area contributed by atoms with Gasteiger partial charge in [0.15, 0.2) is 0 Å². The Kier molecular flexibility index (Phi) is 3.96. The maximum absolute atomic E-state index is 12.3. The molecule has 1 amide bonds. The number of hydrogen-bond acceptors (Lipinski definition) is 4. The Morgan fingerprint density at radius 1 is 1.41 bits per heavy atom. The molecule has 2 aliphatic heterocycles. The van der Waals surface area contributed by atoms with E-state index in [-0.39, 0.29) is 24.0 Å². The van der Waals surface area contributed by atoms with E-state index in [1.807, 2.05) is 6.92 Å². The van der Waals surface area contributed by atoms with Gasteiger partial charge in [0.1, 0.15) is 11.1 Å². The molecule has 2 N–H and O–H groups in total. The lowest BCUT2D eigenvalue weighted by Crippen LogP contribution is -2.52. The molecular weight excluding hydrogens is 240 g/mol. The van der Waals surface area contributed by atoms with Crippen molar-refractivity contribution in [3.8, 4) is 0 Å². The third-order valence-electron chi connectivity index (χ3n) is 3.39. The lowest BCUT2D eigenvalue weighted by atomic mass is 10.0. The number of nitrogens with zero attached hydrogens (tertiary/aromatic N) is 1. The number of rotatable bonds is 2. The Morgan fingerprint density at radius 2 is 2.18 bits per heavy atom. The van der Waals surface area contributed by atoms with Crippen molar-refractivity contribution in [3.63, 3.8) is 0 Å². The molecule has 0 aromatic heterocycles. The van der Waals surface area contributed by atoms with E-state index in [0.717, 1.165) is 6.42 Å². The van der Waals surface area contributed by atoms with E-state index < -0.39 is 0 Å². The van der Waals surface area contributed by atoms with Crippen LogP contribution >= 0.6 is 12.2 Å². The second-order valence-corrected chi connectivity index (χ2v) is 4.99. The summed E-state index contributed by atoms with van der Waals surface area (Å²) in [6, 6.07) is 0. The summed E-state index contributed by atoms with van der Waals surface area (Å²) in [5.41, 5.74) is 5.55. The Hall–Kier alpha value is -0.720. The highest BCUT2D eigenvalue weighted by molar-refractivity contribution is 7.80. The standard InChI is InChI=1S/C11H18N2O3S/c1-7-8(2-4-15-7)11(14)13-3-5-16-9(6-13)10(12)17/h7-9H,2-6H2,1H3,(H2,12,17). The summed E-state index contributed by atoms with van der Waals surface area (Å²) in [5.74, 6) is 0.111. The number of carbonyl (C=O) groups is 1. The van der Waals surface area contributed by atoms with Gasteiger partial charge in [0.05, 0.1) is 25.2 Å².